The largest absolute Gasteiger partial charge is 0.357 e. The lowest BCUT2D eigenvalue weighted by molar-refractivity contribution is 0.0936. The van der Waals surface area contributed by atoms with E-state index in [4.69, 9.17) is 0 Å². The van der Waals surface area contributed by atoms with Gasteiger partial charge in [-0.3, -0.25) is 4.79 Å². The zero-order valence-electron chi connectivity index (χ0n) is 14.2. The minimum Gasteiger partial charge on any atom is -0.357 e. The van der Waals surface area contributed by atoms with E-state index in [2.05, 4.69) is 20.2 Å². The Labute approximate surface area is 150 Å². The van der Waals surface area contributed by atoms with Crippen molar-refractivity contribution in [1.29, 1.82) is 0 Å². The standard InChI is InChI=1S/C20H19FN4O/c21-16-6-4-14(5-7-16)15-11-18(23-12-15)20(26)24-17-8-10-25(13-17)19-3-1-2-9-22-19/h1-7,9,11-12,17,23H,8,10,13H2,(H,24,26). The Morgan fingerprint density at radius 1 is 1.19 bits per heavy atom. The van der Waals surface area contributed by atoms with Gasteiger partial charge in [0, 0.05) is 31.5 Å². The first-order valence-corrected chi connectivity index (χ1v) is 8.60. The highest BCUT2D eigenvalue weighted by Crippen LogP contribution is 2.21. The summed E-state index contributed by atoms with van der Waals surface area (Å²) in [4.78, 5) is 22.0. The summed E-state index contributed by atoms with van der Waals surface area (Å²) in [5.41, 5.74) is 2.22. The zero-order chi connectivity index (χ0) is 17.9. The van der Waals surface area contributed by atoms with Crippen LogP contribution in [0.3, 0.4) is 0 Å². The number of carbonyl (C=O) groups excluding carboxylic acids is 1. The van der Waals surface area contributed by atoms with Crippen LogP contribution in [0.1, 0.15) is 16.9 Å². The molecule has 1 amide bonds. The zero-order valence-corrected chi connectivity index (χ0v) is 14.2. The molecule has 3 heterocycles. The lowest BCUT2D eigenvalue weighted by Crippen LogP contribution is -2.37. The van der Waals surface area contributed by atoms with E-state index in [0.717, 1.165) is 36.5 Å². The number of carbonyl (C=O) groups is 1. The summed E-state index contributed by atoms with van der Waals surface area (Å²) in [7, 11) is 0. The summed E-state index contributed by atoms with van der Waals surface area (Å²) in [6.45, 7) is 1.61. The number of aromatic nitrogens is 2. The monoisotopic (exact) mass is 350 g/mol. The summed E-state index contributed by atoms with van der Waals surface area (Å²) < 4.78 is 13.0. The van der Waals surface area contributed by atoms with Crippen LogP contribution in [0.15, 0.2) is 60.9 Å². The molecule has 1 unspecified atom stereocenters. The fraction of sp³-hybridized carbons (Fsp3) is 0.200. The molecule has 26 heavy (non-hydrogen) atoms. The molecule has 5 nitrogen and oxygen atoms in total. The fourth-order valence-corrected chi connectivity index (χ4v) is 3.22. The predicted octanol–water partition coefficient (Wildman–Crippen LogP) is 3.22. The number of nitrogens with one attached hydrogen (secondary N) is 2. The number of anilines is 1. The molecular formula is C20H19FN4O. The first-order valence-electron chi connectivity index (χ1n) is 8.60. The third-order valence-corrected chi connectivity index (χ3v) is 4.60. The van der Waals surface area contributed by atoms with Gasteiger partial charge in [0.15, 0.2) is 0 Å². The Hall–Kier alpha value is -3.15. The molecule has 0 bridgehead atoms. The van der Waals surface area contributed by atoms with Crippen molar-refractivity contribution in [3.63, 3.8) is 0 Å². The Balaban J connectivity index is 1.39. The fourth-order valence-electron chi connectivity index (χ4n) is 3.22. The number of hydrogen-bond acceptors (Lipinski definition) is 3. The van der Waals surface area contributed by atoms with Crippen LogP contribution < -0.4 is 10.2 Å². The number of nitrogens with zero attached hydrogens (tertiary/aromatic N) is 2. The molecule has 2 N–H and O–H groups in total. The molecule has 0 saturated carbocycles. The maximum Gasteiger partial charge on any atom is 0.267 e. The number of hydrogen-bond donors (Lipinski definition) is 2. The van der Waals surface area contributed by atoms with Crippen molar-refractivity contribution in [3.8, 4) is 11.1 Å². The van der Waals surface area contributed by atoms with Crippen LogP contribution in [0, 0.1) is 5.82 Å². The summed E-state index contributed by atoms with van der Waals surface area (Å²) in [6, 6.07) is 13.9. The molecule has 0 radical (unpaired) electrons. The molecule has 1 aliphatic heterocycles. The molecule has 3 aromatic rings. The second-order valence-corrected chi connectivity index (χ2v) is 6.40. The number of halogens is 1. The molecule has 1 saturated heterocycles. The van der Waals surface area contributed by atoms with Crippen LogP contribution in [0.5, 0.6) is 0 Å². The Kier molecular flexibility index (Phi) is 4.39. The van der Waals surface area contributed by atoms with Gasteiger partial charge in [-0.25, -0.2) is 9.37 Å². The van der Waals surface area contributed by atoms with E-state index < -0.39 is 0 Å². The van der Waals surface area contributed by atoms with E-state index >= 15 is 0 Å². The lowest BCUT2D eigenvalue weighted by Gasteiger charge is -2.17. The van der Waals surface area contributed by atoms with Crippen LogP contribution in [0.2, 0.25) is 0 Å². The third kappa shape index (κ3) is 3.44. The van der Waals surface area contributed by atoms with Gasteiger partial charge >= 0.3 is 0 Å². The van der Waals surface area contributed by atoms with Crippen molar-refractivity contribution < 1.29 is 9.18 Å². The minimum atomic E-state index is -0.277. The highest BCUT2D eigenvalue weighted by molar-refractivity contribution is 5.94. The van der Waals surface area contributed by atoms with Crippen LogP contribution in [0.4, 0.5) is 10.2 Å². The molecule has 6 heteroatoms. The second kappa shape index (κ2) is 7.00. The van der Waals surface area contributed by atoms with Crippen molar-refractivity contribution in [2.75, 3.05) is 18.0 Å². The summed E-state index contributed by atoms with van der Waals surface area (Å²) in [5, 5.41) is 3.07. The molecule has 132 valence electrons. The number of pyridine rings is 1. The van der Waals surface area contributed by atoms with E-state index in [-0.39, 0.29) is 17.8 Å². The van der Waals surface area contributed by atoms with Gasteiger partial charge in [-0.15, -0.1) is 0 Å². The summed E-state index contributed by atoms with van der Waals surface area (Å²) in [5.74, 6) is 0.523. The normalized spacial score (nSPS) is 16.7. The molecule has 1 atom stereocenters. The van der Waals surface area contributed by atoms with Gasteiger partial charge in [-0.2, -0.15) is 0 Å². The summed E-state index contributed by atoms with van der Waals surface area (Å²) in [6.07, 6.45) is 4.42. The first kappa shape index (κ1) is 16.3. The third-order valence-electron chi connectivity index (χ3n) is 4.60. The maximum atomic E-state index is 13.0. The predicted molar refractivity (Wildman–Crippen MR) is 98.5 cm³/mol. The smallest absolute Gasteiger partial charge is 0.267 e. The molecule has 1 fully saturated rings. The minimum absolute atomic E-state index is 0.0853. The van der Waals surface area contributed by atoms with E-state index in [1.54, 1.807) is 30.6 Å². The number of rotatable bonds is 4. The van der Waals surface area contributed by atoms with E-state index in [1.807, 2.05) is 18.2 Å². The van der Waals surface area contributed by atoms with Gasteiger partial charge in [0.2, 0.25) is 0 Å². The first-order chi connectivity index (χ1) is 12.7. The highest BCUT2D eigenvalue weighted by atomic mass is 19.1. The van der Waals surface area contributed by atoms with Gasteiger partial charge in [0.05, 0.1) is 0 Å². The van der Waals surface area contributed by atoms with Crippen LogP contribution in [0.25, 0.3) is 11.1 Å². The second-order valence-electron chi connectivity index (χ2n) is 6.40. The molecule has 0 aliphatic carbocycles. The quantitative estimate of drug-likeness (QED) is 0.759. The van der Waals surface area contributed by atoms with Crippen molar-refractivity contribution in [1.82, 2.24) is 15.3 Å². The molecule has 0 spiro atoms. The topological polar surface area (TPSA) is 61.0 Å². The number of amides is 1. The van der Waals surface area contributed by atoms with Crippen LogP contribution >= 0.6 is 0 Å². The van der Waals surface area contributed by atoms with Crippen molar-refractivity contribution >= 4 is 11.7 Å². The Bertz CT molecular complexity index is 892. The van der Waals surface area contributed by atoms with Gasteiger partial charge < -0.3 is 15.2 Å². The number of benzene rings is 1. The molecule has 1 aliphatic rings. The van der Waals surface area contributed by atoms with Gasteiger partial charge in [-0.1, -0.05) is 18.2 Å². The van der Waals surface area contributed by atoms with E-state index in [1.165, 1.54) is 12.1 Å². The molecule has 4 rings (SSSR count). The van der Waals surface area contributed by atoms with E-state index in [0.29, 0.717) is 5.69 Å². The Morgan fingerprint density at radius 2 is 2.04 bits per heavy atom. The Morgan fingerprint density at radius 3 is 2.81 bits per heavy atom. The van der Waals surface area contributed by atoms with Gasteiger partial charge in [-0.05, 0) is 47.9 Å². The average molecular weight is 350 g/mol. The lowest BCUT2D eigenvalue weighted by atomic mass is 10.1. The van der Waals surface area contributed by atoms with E-state index in [9.17, 15) is 9.18 Å². The molecule has 1 aromatic carbocycles. The number of aromatic amines is 1. The SMILES string of the molecule is O=C(NC1CCN(c2ccccn2)C1)c1cc(-c2ccc(F)cc2)c[nH]1. The summed E-state index contributed by atoms with van der Waals surface area (Å²) >= 11 is 0. The van der Waals surface area contributed by atoms with Crippen molar-refractivity contribution in [2.24, 2.45) is 0 Å². The number of H-pyrrole nitrogens is 1. The van der Waals surface area contributed by atoms with Crippen molar-refractivity contribution in [2.45, 2.75) is 12.5 Å². The molecular weight excluding hydrogens is 331 g/mol. The highest BCUT2D eigenvalue weighted by Gasteiger charge is 2.25. The van der Waals surface area contributed by atoms with Gasteiger partial charge in [0.25, 0.3) is 5.91 Å². The van der Waals surface area contributed by atoms with Crippen molar-refractivity contribution in [3.05, 3.63) is 72.4 Å². The average Bonchev–Trinajstić information content (AvgIpc) is 3.33. The molecule has 2 aromatic heterocycles. The van der Waals surface area contributed by atoms with Gasteiger partial charge in [0.1, 0.15) is 17.3 Å². The van der Waals surface area contributed by atoms with Crippen LogP contribution in [-0.4, -0.2) is 35.0 Å². The van der Waals surface area contributed by atoms with Crippen LogP contribution in [-0.2, 0) is 0 Å². The maximum absolute atomic E-state index is 13.0.